The van der Waals surface area contributed by atoms with Crippen molar-refractivity contribution in [3.63, 3.8) is 0 Å². The summed E-state index contributed by atoms with van der Waals surface area (Å²) in [5.41, 5.74) is 9.93. The minimum atomic E-state index is 0.636. The maximum absolute atomic E-state index is 6.69. The van der Waals surface area contributed by atoms with Gasteiger partial charge < -0.3 is 13.7 Å². The minimum Gasteiger partial charge on any atom is -0.455 e. The zero-order chi connectivity index (χ0) is 36.7. The van der Waals surface area contributed by atoms with E-state index >= 15 is 0 Å². The van der Waals surface area contributed by atoms with E-state index < -0.39 is 0 Å². The van der Waals surface area contributed by atoms with E-state index in [1.165, 1.54) is 25.7 Å². The molecule has 0 N–H and O–H groups in total. The lowest BCUT2D eigenvalue weighted by Gasteiger charge is -2.26. The van der Waals surface area contributed by atoms with Gasteiger partial charge in [0.1, 0.15) is 16.7 Å². The fourth-order valence-electron chi connectivity index (χ4n) is 8.44. The number of oxazole rings is 1. The second-order valence-electron chi connectivity index (χ2n) is 14.3. The molecule has 12 aromatic rings. The average molecular weight is 735 g/mol. The standard InChI is InChI=1S/C51H30N2O2S/c1-2-10-31(11-3-1)34-14-8-15-35(28-34)53(36-22-25-40-41-24-20-33-13-5-7-17-39(33)50(41)54-45(40)29-36)37-23-26-42-47(30-37)56-46-19-9-18-43(48(42)46)51-52-49-38-16-6-4-12-32(38)21-27-44(49)55-51/h1-30H. The Bertz CT molecular complexity index is 3500. The first kappa shape index (κ1) is 31.2. The van der Waals surface area contributed by atoms with Crippen molar-refractivity contribution in [1.82, 2.24) is 4.98 Å². The van der Waals surface area contributed by atoms with Gasteiger partial charge in [-0.15, -0.1) is 11.3 Å². The molecule has 0 aliphatic heterocycles. The summed E-state index contributed by atoms with van der Waals surface area (Å²) in [6.45, 7) is 0. The van der Waals surface area contributed by atoms with Crippen molar-refractivity contribution in [2.75, 3.05) is 4.90 Å². The summed E-state index contributed by atoms with van der Waals surface area (Å²) in [6, 6.07) is 64.4. The van der Waals surface area contributed by atoms with Gasteiger partial charge in [0, 0.05) is 70.4 Å². The van der Waals surface area contributed by atoms with Crippen LogP contribution in [-0.2, 0) is 0 Å². The fraction of sp³-hybridized carbons (Fsp3) is 0. The van der Waals surface area contributed by atoms with Gasteiger partial charge in [-0.05, 0) is 82.6 Å². The van der Waals surface area contributed by atoms with Gasteiger partial charge in [-0.25, -0.2) is 4.98 Å². The van der Waals surface area contributed by atoms with E-state index in [-0.39, 0.29) is 0 Å². The Morgan fingerprint density at radius 3 is 2.02 bits per heavy atom. The molecule has 9 aromatic carbocycles. The van der Waals surface area contributed by atoms with Crippen LogP contribution in [0.3, 0.4) is 0 Å². The number of nitrogens with zero attached hydrogens (tertiary/aromatic N) is 2. The Morgan fingerprint density at radius 2 is 1.12 bits per heavy atom. The van der Waals surface area contributed by atoms with Gasteiger partial charge in [-0.2, -0.15) is 0 Å². The van der Waals surface area contributed by atoms with Gasteiger partial charge in [0.2, 0.25) is 5.89 Å². The molecule has 0 unspecified atom stereocenters. The van der Waals surface area contributed by atoms with Crippen LogP contribution in [0.4, 0.5) is 17.1 Å². The molecule has 4 nitrogen and oxygen atoms in total. The van der Waals surface area contributed by atoms with Crippen molar-refractivity contribution in [3.05, 3.63) is 182 Å². The molecule has 0 spiro atoms. The summed E-state index contributed by atoms with van der Waals surface area (Å²) in [7, 11) is 0. The number of rotatable bonds is 5. The lowest BCUT2D eigenvalue weighted by atomic mass is 10.0. The predicted molar refractivity (Wildman–Crippen MR) is 235 cm³/mol. The molecule has 0 aliphatic carbocycles. The van der Waals surface area contributed by atoms with Crippen molar-refractivity contribution < 1.29 is 8.83 Å². The highest BCUT2D eigenvalue weighted by Crippen LogP contribution is 2.45. The summed E-state index contributed by atoms with van der Waals surface area (Å²) in [4.78, 5) is 7.43. The molecule has 262 valence electrons. The number of hydrogen-bond donors (Lipinski definition) is 0. The summed E-state index contributed by atoms with van der Waals surface area (Å²) >= 11 is 1.79. The summed E-state index contributed by atoms with van der Waals surface area (Å²) in [6.07, 6.45) is 0. The van der Waals surface area contributed by atoms with Crippen LogP contribution in [0.1, 0.15) is 0 Å². The van der Waals surface area contributed by atoms with E-state index in [4.69, 9.17) is 13.8 Å². The number of thiophene rings is 1. The first-order valence-corrected chi connectivity index (χ1v) is 19.6. The van der Waals surface area contributed by atoms with Crippen LogP contribution in [0.2, 0.25) is 0 Å². The van der Waals surface area contributed by atoms with E-state index in [1.54, 1.807) is 11.3 Å². The summed E-state index contributed by atoms with van der Waals surface area (Å²) in [5, 5.41) is 9.09. The zero-order valence-corrected chi connectivity index (χ0v) is 30.8. The maximum atomic E-state index is 6.69. The quantitative estimate of drug-likeness (QED) is 0.177. The molecular formula is C51H30N2O2S. The third-order valence-corrected chi connectivity index (χ3v) is 12.2. The smallest absolute Gasteiger partial charge is 0.228 e. The molecule has 0 aliphatic rings. The molecule has 0 saturated carbocycles. The van der Waals surface area contributed by atoms with Crippen LogP contribution in [0.5, 0.6) is 0 Å². The molecule has 0 fully saturated rings. The molecule has 12 rings (SSSR count). The van der Waals surface area contributed by atoms with Crippen molar-refractivity contribution in [2.24, 2.45) is 0 Å². The Morgan fingerprint density at radius 1 is 0.429 bits per heavy atom. The molecule has 0 saturated heterocycles. The highest BCUT2D eigenvalue weighted by atomic mass is 32.1. The van der Waals surface area contributed by atoms with Crippen LogP contribution in [-0.4, -0.2) is 4.98 Å². The maximum Gasteiger partial charge on any atom is 0.228 e. The monoisotopic (exact) mass is 734 g/mol. The van der Waals surface area contributed by atoms with Crippen molar-refractivity contribution in [3.8, 4) is 22.6 Å². The highest BCUT2D eigenvalue weighted by Gasteiger charge is 2.21. The molecule has 0 amide bonds. The Balaban J connectivity index is 1.04. The van der Waals surface area contributed by atoms with Crippen LogP contribution >= 0.6 is 11.3 Å². The zero-order valence-electron chi connectivity index (χ0n) is 29.9. The normalized spacial score (nSPS) is 11.9. The molecule has 56 heavy (non-hydrogen) atoms. The van der Waals surface area contributed by atoms with E-state index in [0.717, 1.165) is 82.8 Å². The van der Waals surface area contributed by atoms with E-state index in [1.807, 2.05) is 6.07 Å². The van der Waals surface area contributed by atoms with Crippen molar-refractivity contribution >= 4 is 103 Å². The topological polar surface area (TPSA) is 42.4 Å². The number of fused-ring (bicyclic) bond motifs is 11. The molecular weight excluding hydrogens is 705 g/mol. The van der Waals surface area contributed by atoms with Crippen LogP contribution < -0.4 is 4.90 Å². The van der Waals surface area contributed by atoms with E-state index in [9.17, 15) is 0 Å². The van der Waals surface area contributed by atoms with Gasteiger partial charge in [-0.3, -0.25) is 0 Å². The molecule has 0 radical (unpaired) electrons. The van der Waals surface area contributed by atoms with Crippen molar-refractivity contribution in [1.29, 1.82) is 0 Å². The van der Waals surface area contributed by atoms with Crippen LogP contribution in [0.25, 0.3) is 97.3 Å². The minimum absolute atomic E-state index is 0.636. The van der Waals surface area contributed by atoms with Crippen molar-refractivity contribution in [2.45, 2.75) is 0 Å². The molecule has 0 bridgehead atoms. The second-order valence-corrected chi connectivity index (χ2v) is 15.4. The number of anilines is 3. The van der Waals surface area contributed by atoms with Crippen LogP contribution in [0.15, 0.2) is 191 Å². The number of aromatic nitrogens is 1. The number of benzene rings is 9. The largest absolute Gasteiger partial charge is 0.455 e. The third kappa shape index (κ3) is 4.81. The average Bonchev–Trinajstić information content (AvgIpc) is 3.98. The second kappa shape index (κ2) is 12.2. The molecule has 5 heteroatoms. The van der Waals surface area contributed by atoms with Crippen LogP contribution in [0, 0.1) is 0 Å². The van der Waals surface area contributed by atoms with Gasteiger partial charge >= 0.3 is 0 Å². The Hall–Kier alpha value is -7.21. The van der Waals surface area contributed by atoms with Gasteiger partial charge in [-0.1, -0.05) is 115 Å². The highest BCUT2D eigenvalue weighted by molar-refractivity contribution is 7.26. The lowest BCUT2D eigenvalue weighted by molar-refractivity contribution is 0.621. The first-order chi connectivity index (χ1) is 27.7. The molecule has 3 aromatic heterocycles. The molecule has 0 atom stereocenters. The number of furan rings is 1. The first-order valence-electron chi connectivity index (χ1n) is 18.8. The summed E-state index contributed by atoms with van der Waals surface area (Å²) < 4.78 is 15.5. The lowest BCUT2D eigenvalue weighted by Crippen LogP contribution is -2.09. The fourth-order valence-corrected chi connectivity index (χ4v) is 9.61. The predicted octanol–water partition coefficient (Wildman–Crippen LogP) is 15.2. The summed E-state index contributed by atoms with van der Waals surface area (Å²) in [5.74, 6) is 0.636. The van der Waals surface area contributed by atoms with E-state index in [2.05, 4.69) is 181 Å². The van der Waals surface area contributed by atoms with Gasteiger partial charge in [0.15, 0.2) is 5.58 Å². The SMILES string of the molecule is c1ccc(-c2cccc(N(c3ccc4c(c3)oc3c5ccccc5ccc43)c3ccc4c(c3)sc3cccc(-c5nc6c(ccc7ccccc76)o5)c34)c2)cc1. The third-order valence-electron chi connectivity index (χ3n) is 11.1. The Labute approximate surface area is 325 Å². The molecule has 3 heterocycles. The Kier molecular flexibility index (Phi) is 6.76. The number of hydrogen-bond acceptors (Lipinski definition) is 5. The van der Waals surface area contributed by atoms with E-state index in [0.29, 0.717) is 5.89 Å². The van der Waals surface area contributed by atoms with Gasteiger partial charge in [0.05, 0.1) is 0 Å². The van der Waals surface area contributed by atoms with Gasteiger partial charge in [0.25, 0.3) is 0 Å².